The fourth-order valence-corrected chi connectivity index (χ4v) is 1.94. The number of halogens is 3. The first-order chi connectivity index (χ1) is 10.9. The smallest absolute Gasteiger partial charge is 0.416 e. The molecule has 1 N–H and O–H groups in total. The molecule has 1 aromatic heterocycles. The third kappa shape index (κ3) is 4.98. The van der Waals surface area contributed by atoms with Gasteiger partial charge >= 0.3 is 6.18 Å². The van der Waals surface area contributed by atoms with Gasteiger partial charge in [0.2, 0.25) is 11.8 Å². The van der Waals surface area contributed by atoms with Crippen molar-refractivity contribution in [2.75, 3.05) is 7.11 Å². The van der Waals surface area contributed by atoms with Crippen LogP contribution in [0.3, 0.4) is 0 Å². The number of methoxy groups -OCH3 is 1. The number of carbonyl (C=O) groups excluding carboxylic acids is 1. The van der Waals surface area contributed by atoms with Crippen LogP contribution in [-0.2, 0) is 23.9 Å². The first kappa shape index (κ1) is 16.8. The van der Waals surface area contributed by atoms with Gasteiger partial charge in [-0.2, -0.15) is 13.2 Å². The molecule has 0 unspecified atom stereocenters. The molecule has 7 heteroatoms. The van der Waals surface area contributed by atoms with Gasteiger partial charge in [-0.1, -0.05) is 24.3 Å². The lowest BCUT2D eigenvalue weighted by Crippen LogP contribution is -2.24. The van der Waals surface area contributed by atoms with Crippen molar-refractivity contribution >= 4 is 5.91 Å². The summed E-state index contributed by atoms with van der Waals surface area (Å²) in [6, 6.07) is 8.15. The third-order valence-corrected chi connectivity index (χ3v) is 3.12. The average Bonchev–Trinajstić information content (AvgIpc) is 2.53. The number of amides is 1. The lowest BCUT2D eigenvalue weighted by Gasteiger charge is -2.09. The molecule has 0 aliphatic carbocycles. The lowest BCUT2D eigenvalue weighted by molar-refractivity contribution is -0.137. The van der Waals surface area contributed by atoms with Gasteiger partial charge in [0.25, 0.3) is 0 Å². The van der Waals surface area contributed by atoms with Gasteiger partial charge < -0.3 is 10.1 Å². The summed E-state index contributed by atoms with van der Waals surface area (Å²) in [5.74, 6) is 0.101. The summed E-state index contributed by atoms with van der Waals surface area (Å²) >= 11 is 0. The Kier molecular flexibility index (Phi) is 5.20. The molecular formula is C16H15F3N2O2. The van der Waals surface area contributed by atoms with Crippen LogP contribution in [0.2, 0.25) is 0 Å². The van der Waals surface area contributed by atoms with E-state index in [2.05, 4.69) is 10.3 Å². The normalized spacial score (nSPS) is 11.1. The molecule has 2 aromatic rings. The summed E-state index contributed by atoms with van der Waals surface area (Å²) in [6.07, 6.45) is -2.97. The molecule has 122 valence electrons. The quantitative estimate of drug-likeness (QED) is 0.920. The molecule has 0 spiro atoms. The monoisotopic (exact) mass is 324 g/mol. The second kappa shape index (κ2) is 7.13. The second-order valence-electron chi connectivity index (χ2n) is 4.86. The van der Waals surface area contributed by atoms with E-state index in [9.17, 15) is 18.0 Å². The van der Waals surface area contributed by atoms with E-state index in [-0.39, 0.29) is 18.9 Å². The highest BCUT2D eigenvalue weighted by Crippen LogP contribution is 2.29. The molecule has 0 atom stereocenters. The van der Waals surface area contributed by atoms with Crippen molar-refractivity contribution in [3.05, 3.63) is 59.3 Å². The number of aromatic nitrogens is 1. The van der Waals surface area contributed by atoms with Gasteiger partial charge in [-0.25, -0.2) is 4.98 Å². The molecule has 4 nitrogen and oxygen atoms in total. The number of pyridine rings is 1. The molecule has 0 radical (unpaired) electrons. The van der Waals surface area contributed by atoms with Crippen LogP contribution >= 0.6 is 0 Å². The van der Waals surface area contributed by atoms with Crippen molar-refractivity contribution in [3.8, 4) is 5.88 Å². The van der Waals surface area contributed by atoms with Crippen molar-refractivity contribution in [1.29, 1.82) is 0 Å². The topological polar surface area (TPSA) is 51.2 Å². The largest absolute Gasteiger partial charge is 0.481 e. The number of ether oxygens (including phenoxy) is 1. The predicted octanol–water partition coefficient (Wildman–Crippen LogP) is 2.97. The Bertz CT molecular complexity index is 670. The number of carbonyl (C=O) groups is 1. The molecule has 0 saturated carbocycles. The van der Waals surface area contributed by atoms with Crippen LogP contribution in [0, 0.1) is 0 Å². The Hall–Kier alpha value is -2.57. The molecule has 1 amide bonds. The second-order valence-corrected chi connectivity index (χ2v) is 4.86. The summed E-state index contributed by atoms with van der Waals surface area (Å²) in [5, 5.41) is 2.64. The van der Waals surface area contributed by atoms with Crippen molar-refractivity contribution in [2.24, 2.45) is 0 Å². The highest BCUT2D eigenvalue weighted by atomic mass is 19.4. The zero-order valence-corrected chi connectivity index (χ0v) is 12.4. The van der Waals surface area contributed by atoms with E-state index < -0.39 is 11.7 Å². The van der Waals surface area contributed by atoms with E-state index in [1.54, 1.807) is 18.3 Å². The van der Waals surface area contributed by atoms with Crippen molar-refractivity contribution in [1.82, 2.24) is 10.3 Å². The van der Waals surface area contributed by atoms with E-state index in [1.807, 2.05) is 0 Å². The predicted molar refractivity (Wildman–Crippen MR) is 77.8 cm³/mol. The molecule has 1 heterocycles. The van der Waals surface area contributed by atoms with Crippen LogP contribution < -0.4 is 10.1 Å². The zero-order chi connectivity index (χ0) is 16.9. The maximum Gasteiger partial charge on any atom is 0.416 e. The van der Waals surface area contributed by atoms with Crippen molar-refractivity contribution in [2.45, 2.75) is 19.1 Å². The van der Waals surface area contributed by atoms with Crippen LogP contribution in [-0.4, -0.2) is 18.0 Å². The molecule has 0 saturated heterocycles. The Morgan fingerprint density at radius 1 is 1.22 bits per heavy atom. The Labute approximate surface area is 131 Å². The van der Waals surface area contributed by atoms with Gasteiger partial charge in [0, 0.05) is 18.8 Å². The van der Waals surface area contributed by atoms with E-state index in [1.165, 1.54) is 19.2 Å². The standard InChI is InChI=1S/C16H15F3N2O2/c1-23-15-6-5-12(10-21-15)9-20-14(22)8-11-3-2-4-13(7-11)16(17,18)19/h2-7,10H,8-9H2,1H3,(H,20,22). The highest BCUT2D eigenvalue weighted by molar-refractivity contribution is 5.78. The van der Waals surface area contributed by atoms with Crippen LogP contribution in [0.15, 0.2) is 42.6 Å². The van der Waals surface area contributed by atoms with Gasteiger partial charge in [-0.3, -0.25) is 4.79 Å². The summed E-state index contributed by atoms with van der Waals surface area (Å²) in [6.45, 7) is 0.245. The van der Waals surface area contributed by atoms with E-state index in [0.717, 1.165) is 17.7 Å². The molecule has 0 bridgehead atoms. The third-order valence-electron chi connectivity index (χ3n) is 3.12. The fraction of sp³-hybridized carbons (Fsp3) is 0.250. The molecule has 0 aliphatic heterocycles. The molecular weight excluding hydrogens is 309 g/mol. The zero-order valence-electron chi connectivity index (χ0n) is 12.4. The van der Waals surface area contributed by atoms with Gasteiger partial charge in [0.1, 0.15) is 0 Å². The van der Waals surface area contributed by atoms with Crippen molar-refractivity contribution < 1.29 is 22.7 Å². The molecule has 0 aliphatic rings. The molecule has 2 rings (SSSR count). The molecule has 1 aromatic carbocycles. The Balaban J connectivity index is 1.91. The summed E-state index contributed by atoms with van der Waals surface area (Å²) in [4.78, 5) is 15.8. The number of nitrogens with one attached hydrogen (secondary N) is 1. The minimum atomic E-state index is -4.42. The van der Waals surface area contributed by atoms with Crippen LogP contribution in [0.25, 0.3) is 0 Å². The molecule has 23 heavy (non-hydrogen) atoms. The number of hydrogen-bond acceptors (Lipinski definition) is 3. The summed E-state index contributed by atoms with van der Waals surface area (Å²) in [7, 11) is 1.50. The number of rotatable bonds is 5. The van der Waals surface area contributed by atoms with Gasteiger partial charge in [-0.05, 0) is 17.2 Å². The number of benzene rings is 1. The maximum atomic E-state index is 12.6. The minimum Gasteiger partial charge on any atom is -0.481 e. The fourth-order valence-electron chi connectivity index (χ4n) is 1.94. The van der Waals surface area contributed by atoms with Gasteiger partial charge in [0.05, 0.1) is 19.1 Å². The SMILES string of the molecule is COc1ccc(CNC(=O)Cc2cccc(C(F)(F)F)c2)cn1. The number of nitrogens with zero attached hydrogens (tertiary/aromatic N) is 1. The Morgan fingerprint density at radius 2 is 2.00 bits per heavy atom. The summed E-state index contributed by atoms with van der Waals surface area (Å²) in [5.41, 5.74) is 0.315. The van der Waals surface area contributed by atoms with E-state index in [4.69, 9.17) is 4.74 Å². The van der Waals surface area contributed by atoms with E-state index in [0.29, 0.717) is 11.4 Å². The number of alkyl halides is 3. The lowest BCUT2D eigenvalue weighted by atomic mass is 10.1. The first-order valence-corrected chi connectivity index (χ1v) is 6.80. The summed E-state index contributed by atoms with van der Waals surface area (Å²) < 4.78 is 42.8. The highest BCUT2D eigenvalue weighted by Gasteiger charge is 2.30. The molecule has 0 fully saturated rings. The first-order valence-electron chi connectivity index (χ1n) is 6.80. The minimum absolute atomic E-state index is 0.118. The maximum absolute atomic E-state index is 12.6. The van der Waals surface area contributed by atoms with E-state index >= 15 is 0 Å². The number of hydrogen-bond donors (Lipinski definition) is 1. The average molecular weight is 324 g/mol. The van der Waals surface area contributed by atoms with Crippen LogP contribution in [0.5, 0.6) is 5.88 Å². The van der Waals surface area contributed by atoms with Gasteiger partial charge in [-0.15, -0.1) is 0 Å². The van der Waals surface area contributed by atoms with Crippen LogP contribution in [0.1, 0.15) is 16.7 Å². The van der Waals surface area contributed by atoms with Gasteiger partial charge in [0.15, 0.2) is 0 Å². The van der Waals surface area contributed by atoms with Crippen molar-refractivity contribution in [3.63, 3.8) is 0 Å². The Morgan fingerprint density at radius 3 is 2.61 bits per heavy atom. The van der Waals surface area contributed by atoms with Crippen LogP contribution in [0.4, 0.5) is 13.2 Å².